The summed E-state index contributed by atoms with van der Waals surface area (Å²) in [5, 5.41) is 3.32. The van der Waals surface area contributed by atoms with Crippen molar-refractivity contribution in [2.24, 2.45) is 0 Å². The van der Waals surface area contributed by atoms with Gasteiger partial charge >= 0.3 is 6.09 Å². The maximum Gasteiger partial charge on any atom is 0.411 e. The van der Waals surface area contributed by atoms with Gasteiger partial charge in [0.1, 0.15) is 17.5 Å². The molecule has 1 atom stereocenters. The Labute approximate surface area is 120 Å². The lowest BCUT2D eigenvalue weighted by atomic mass is 10.1. The van der Waals surface area contributed by atoms with E-state index < -0.39 is 5.60 Å². The van der Waals surface area contributed by atoms with E-state index in [0.717, 1.165) is 18.9 Å². The summed E-state index contributed by atoms with van der Waals surface area (Å²) in [6.07, 6.45) is 3.45. The van der Waals surface area contributed by atoms with E-state index in [-0.39, 0.29) is 12.1 Å². The molecule has 6 nitrogen and oxygen atoms in total. The van der Waals surface area contributed by atoms with Crippen molar-refractivity contribution in [3.8, 4) is 0 Å². The molecule has 6 heteroatoms. The lowest BCUT2D eigenvalue weighted by Gasteiger charge is -2.36. The van der Waals surface area contributed by atoms with Crippen LogP contribution in [0.15, 0.2) is 12.4 Å². The molecule has 1 fully saturated rings. The Kier molecular flexibility index (Phi) is 4.32. The number of rotatable bonds is 2. The van der Waals surface area contributed by atoms with Gasteiger partial charge in [-0.1, -0.05) is 0 Å². The minimum atomic E-state index is -0.479. The predicted octanol–water partition coefficient (Wildman–Crippen LogP) is 1.78. The number of aromatic nitrogens is 2. The second-order valence-electron chi connectivity index (χ2n) is 5.97. The van der Waals surface area contributed by atoms with E-state index in [1.54, 1.807) is 11.1 Å². The number of ether oxygens (including phenoxy) is 1. The topological polar surface area (TPSA) is 59.4 Å². The van der Waals surface area contributed by atoms with Gasteiger partial charge in [-0.3, -0.25) is 4.90 Å². The zero-order valence-electron chi connectivity index (χ0n) is 12.7. The van der Waals surface area contributed by atoms with E-state index in [1.807, 2.05) is 27.0 Å². The number of nitrogens with one attached hydrogen (secondary N) is 1. The average Bonchev–Trinajstić information content (AvgIpc) is 2.84. The molecule has 1 amide bonds. The van der Waals surface area contributed by atoms with Crippen LogP contribution in [0.3, 0.4) is 0 Å². The van der Waals surface area contributed by atoms with Crippen LogP contribution in [-0.2, 0) is 11.3 Å². The van der Waals surface area contributed by atoms with Crippen molar-refractivity contribution < 1.29 is 9.53 Å². The van der Waals surface area contributed by atoms with Gasteiger partial charge in [0.05, 0.1) is 0 Å². The fourth-order valence-corrected chi connectivity index (χ4v) is 2.36. The number of nitrogens with zero attached hydrogens (tertiary/aromatic N) is 3. The van der Waals surface area contributed by atoms with Crippen molar-refractivity contribution in [2.45, 2.75) is 45.9 Å². The van der Waals surface area contributed by atoms with E-state index in [9.17, 15) is 4.79 Å². The highest BCUT2D eigenvalue weighted by Crippen LogP contribution is 2.23. The lowest BCUT2D eigenvalue weighted by Crippen LogP contribution is -2.50. The minimum Gasteiger partial charge on any atom is -0.444 e. The van der Waals surface area contributed by atoms with Crippen LogP contribution in [-0.4, -0.2) is 45.8 Å². The van der Waals surface area contributed by atoms with Crippen LogP contribution in [0.5, 0.6) is 0 Å². The molecular weight excluding hydrogens is 256 g/mol. The van der Waals surface area contributed by atoms with E-state index in [1.165, 1.54) is 0 Å². The van der Waals surface area contributed by atoms with Crippen LogP contribution in [0.4, 0.5) is 4.79 Å². The smallest absolute Gasteiger partial charge is 0.411 e. The fourth-order valence-electron chi connectivity index (χ4n) is 2.36. The van der Waals surface area contributed by atoms with Crippen molar-refractivity contribution in [1.29, 1.82) is 0 Å². The summed E-state index contributed by atoms with van der Waals surface area (Å²) < 4.78 is 7.57. The van der Waals surface area contributed by atoms with Crippen LogP contribution >= 0.6 is 0 Å². The minimum absolute atomic E-state index is 0.0754. The Morgan fingerprint density at radius 3 is 2.95 bits per heavy atom. The monoisotopic (exact) mass is 280 g/mol. The second-order valence-corrected chi connectivity index (χ2v) is 5.97. The van der Waals surface area contributed by atoms with Gasteiger partial charge in [-0.2, -0.15) is 0 Å². The third kappa shape index (κ3) is 3.30. The Hall–Kier alpha value is -1.56. The normalized spacial score (nSPS) is 20.0. The fraction of sp³-hybridized carbons (Fsp3) is 0.714. The van der Waals surface area contributed by atoms with E-state index in [2.05, 4.69) is 21.8 Å². The lowest BCUT2D eigenvalue weighted by molar-refractivity contribution is 0.0104. The number of amides is 1. The number of carbonyl (C=O) groups excluding carboxylic acids is 1. The molecule has 0 aromatic carbocycles. The summed E-state index contributed by atoms with van der Waals surface area (Å²) in [6, 6.07) is -0.0754. The number of aryl methyl sites for hydroxylation is 1. The van der Waals surface area contributed by atoms with Gasteiger partial charge in [0.25, 0.3) is 0 Å². The third-order valence-corrected chi connectivity index (χ3v) is 3.26. The highest BCUT2D eigenvalue weighted by molar-refractivity contribution is 5.69. The van der Waals surface area contributed by atoms with Crippen molar-refractivity contribution in [3.63, 3.8) is 0 Å². The molecule has 2 rings (SSSR count). The highest BCUT2D eigenvalue weighted by Gasteiger charge is 2.33. The van der Waals surface area contributed by atoms with Crippen LogP contribution < -0.4 is 5.32 Å². The maximum atomic E-state index is 12.4. The first-order valence-corrected chi connectivity index (χ1v) is 7.13. The molecule has 20 heavy (non-hydrogen) atoms. The van der Waals surface area contributed by atoms with Crippen LogP contribution in [0.25, 0.3) is 0 Å². The zero-order chi connectivity index (χ0) is 14.8. The molecule has 0 radical (unpaired) electrons. The summed E-state index contributed by atoms with van der Waals surface area (Å²) in [6.45, 7) is 10.7. The van der Waals surface area contributed by atoms with Gasteiger partial charge in [-0.25, -0.2) is 9.78 Å². The molecule has 0 spiro atoms. The van der Waals surface area contributed by atoms with Crippen molar-refractivity contribution >= 4 is 6.09 Å². The molecule has 1 unspecified atom stereocenters. The Morgan fingerprint density at radius 1 is 1.55 bits per heavy atom. The van der Waals surface area contributed by atoms with E-state index in [4.69, 9.17) is 4.74 Å². The van der Waals surface area contributed by atoms with Gasteiger partial charge in [0.2, 0.25) is 0 Å². The molecule has 1 saturated heterocycles. The SMILES string of the molecule is CCn1ccnc1C1CNCCN1C(=O)OC(C)(C)C. The number of hydrogen-bond donors (Lipinski definition) is 1. The Balaban J connectivity index is 2.19. The summed E-state index contributed by atoms with van der Waals surface area (Å²) in [5.74, 6) is 0.908. The molecule has 1 aromatic heterocycles. The zero-order valence-corrected chi connectivity index (χ0v) is 12.7. The molecule has 0 saturated carbocycles. The van der Waals surface area contributed by atoms with Gasteiger partial charge in [-0.05, 0) is 27.7 Å². The first kappa shape index (κ1) is 14.8. The molecule has 1 N–H and O–H groups in total. The molecule has 2 heterocycles. The van der Waals surface area contributed by atoms with E-state index in [0.29, 0.717) is 13.1 Å². The largest absolute Gasteiger partial charge is 0.444 e. The van der Waals surface area contributed by atoms with Crippen molar-refractivity contribution in [1.82, 2.24) is 19.8 Å². The predicted molar refractivity (Wildman–Crippen MR) is 76.5 cm³/mol. The number of piperazine rings is 1. The summed E-state index contributed by atoms with van der Waals surface area (Å²) in [7, 11) is 0. The molecule has 0 bridgehead atoms. The quantitative estimate of drug-likeness (QED) is 0.897. The second kappa shape index (κ2) is 5.83. The van der Waals surface area contributed by atoms with Crippen molar-refractivity contribution in [2.75, 3.05) is 19.6 Å². The first-order chi connectivity index (χ1) is 9.42. The summed E-state index contributed by atoms with van der Waals surface area (Å²) in [5.41, 5.74) is -0.479. The molecule has 1 aliphatic rings. The standard InChI is InChI=1S/C14H24N4O2/c1-5-17-8-7-16-12(17)11-10-15-6-9-18(11)13(19)20-14(2,3)4/h7-8,11,15H,5-6,9-10H2,1-4H3. The number of hydrogen-bond acceptors (Lipinski definition) is 4. The van der Waals surface area contributed by atoms with Crippen LogP contribution in [0.2, 0.25) is 0 Å². The van der Waals surface area contributed by atoms with Gasteiger partial charge in [0.15, 0.2) is 0 Å². The van der Waals surface area contributed by atoms with Gasteiger partial charge in [0, 0.05) is 38.6 Å². The Morgan fingerprint density at radius 2 is 2.30 bits per heavy atom. The van der Waals surface area contributed by atoms with Gasteiger partial charge in [-0.15, -0.1) is 0 Å². The third-order valence-electron chi connectivity index (χ3n) is 3.26. The highest BCUT2D eigenvalue weighted by atomic mass is 16.6. The first-order valence-electron chi connectivity index (χ1n) is 7.13. The number of imidazole rings is 1. The summed E-state index contributed by atoms with van der Waals surface area (Å²) in [4.78, 5) is 18.5. The Bertz CT molecular complexity index is 464. The van der Waals surface area contributed by atoms with Crippen LogP contribution in [0, 0.1) is 0 Å². The number of carbonyl (C=O) groups is 1. The maximum absolute atomic E-state index is 12.4. The average molecular weight is 280 g/mol. The van der Waals surface area contributed by atoms with Gasteiger partial charge < -0.3 is 14.6 Å². The molecule has 0 aliphatic carbocycles. The van der Waals surface area contributed by atoms with Crippen LogP contribution in [0.1, 0.15) is 39.6 Å². The van der Waals surface area contributed by atoms with E-state index >= 15 is 0 Å². The molecule has 1 aliphatic heterocycles. The molecule has 1 aromatic rings. The molecular formula is C14H24N4O2. The summed E-state index contributed by atoms with van der Waals surface area (Å²) >= 11 is 0. The van der Waals surface area contributed by atoms with Crippen molar-refractivity contribution in [3.05, 3.63) is 18.2 Å². The molecule has 112 valence electrons.